The number of carboxylic acid groups (broad SMARTS) is 1. The predicted molar refractivity (Wildman–Crippen MR) is 102 cm³/mol. The maximum Gasteiger partial charge on any atom is 0.358 e. The molecule has 0 radical (unpaired) electrons. The zero-order valence-corrected chi connectivity index (χ0v) is 15.4. The lowest BCUT2D eigenvalue weighted by molar-refractivity contribution is -0.138. The van der Waals surface area contributed by atoms with Crippen LogP contribution in [0.25, 0.3) is 5.69 Å². The Kier molecular flexibility index (Phi) is 5.84. The summed E-state index contributed by atoms with van der Waals surface area (Å²) in [5, 5.41) is 22.7. The van der Waals surface area contributed by atoms with E-state index in [2.05, 4.69) is 25.4 Å². The first kappa shape index (κ1) is 19.3. The van der Waals surface area contributed by atoms with Gasteiger partial charge in [0.1, 0.15) is 5.25 Å². The average Bonchev–Trinajstić information content (AvgIpc) is 3.29. The van der Waals surface area contributed by atoms with Gasteiger partial charge in [-0.25, -0.2) is 9.48 Å². The Balaban J connectivity index is 1.63. The van der Waals surface area contributed by atoms with Crippen molar-refractivity contribution < 1.29 is 24.2 Å². The number of hydrogen-bond acceptors (Lipinski definition) is 8. The van der Waals surface area contributed by atoms with Crippen LogP contribution in [-0.4, -0.2) is 56.5 Å². The van der Waals surface area contributed by atoms with E-state index >= 15 is 0 Å². The number of amides is 1. The molecule has 10 nitrogen and oxygen atoms in total. The Morgan fingerprint density at radius 2 is 2.11 bits per heavy atom. The molecule has 1 amide bonds. The minimum Gasteiger partial charge on any atom is -0.481 e. The summed E-state index contributed by atoms with van der Waals surface area (Å²) in [6, 6.07) is 8.70. The third-order valence-electron chi connectivity index (χ3n) is 3.63. The van der Waals surface area contributed by atoms with Crippen molar-refractivity contribution in [1.82, 2.24) is 15.1 Å². The number of thioether (sulfide) groups is 1. The van der Waals surface area contributed by atoms with Gasteiger partial charge in [-0.05, 0) is 23.8 Å². The number of hydrogen-bond donors (Lipinski definition) is 2. The van der Waals surface area contributed by atoms with Crippen LogP contribution in [0, 0.1) is 0 Å². The van der Waals surface area contributed by atoms with E-state index in [1.807, 2.05) is 0 Å². The number of nitrogens with one attached hydrogen (secondary N) is 1. The number of aromatic nitrogens is 2. The minimum absolute atomic E-state index is 0.210. The van der Waals surface area contributed by atoms with Gasteiger partial charge in [-0.2, -0.15) is 10.2 Å². The normalized spacial score (nSPS) is 17.8. The number of methoxy groups -OCH3 is 1. The van der Waals surface area contributed by atoms with Crippen molar-refractivity contribution in [2.45, 2.75) is 11.7 Å². The van der Waals surface area contributed by atoms with E-state index in [4.69, 9.17) is 5.11 Å². The zero-order valence-electron chi connectivity index (χ0n) is 14.6. The van der Waals surface area contributed by atoms with E-state index in [0.29, 0.717) is 0 Å². The summed E-state index contributed by atoms with van der Waals surface area (Å²) in [7, 11) is 1.29. The van der Waals surface area contributed by atoms with Crippen LogP contribution in [0.5, 0.6) is 0 Å². The maximum absolute atomic E-state index is 11.6. The fourth-order valence-corrected chi connectivity index (χ4v) is 3.20. The van der Waals surface area contributed by atoms with Gasteiger partial charge in [-0.15, -0.1) is 5.10 Å². The highest BCUT2D eigenvalue weighted by Crippen LogP contribution is 2.22. The Bertz CT molecular complexity index is 967. The first-order valence-electron chi connectivity index (χ1n) is 8.01. The van der Waals surface area contributed by atoms with Gasteiger partial charge in [0, 0.05) is 6.20 Å². The lowest BCUT2D eigenvalue weighted by Gasteiger charge is -2.01. The Hall–Kier alpha value is -3.47. The number of rotatable bonds is 6. The fraction of sp³-hybridized carbons (Fsp3) is 0.176. The summed E-state index contributed by atoms with van der Waals surface area (Å²) < 4.78 is 6.16. The summed E-state index contributed by atoms with van der Waals surface area (Å²) in [4.78, 5) is 33.8. The van der Waals surface area contributed by atoms with Gasteiger partial charge in [0.25, 0.3) is 0 Å². The molecule has 2 aromatic rings. The number of carbonyl (C=O) groups is 3. The summed E-state index contributed by atoms with van der Waals surface area (Å²) in [5.74, 6) is -1.95. The monoisotopic (exact) mass is 401 g/mol. The molecule has 0 saturated carbocycles. The minimum atomic E-state index is -1.05. The number of aliphatic carboxylic acids is 1. The highest BCUT2D eigenvalue weighted by molar-refractivity contribution is 8.15. The van der Waals surface area contributed by atoms with Crippen LogP contribution in [0.4, 0.5) is 0 Å². The zero-order chi connectivity index (χ0) is 20.1. The van der Waals surface area contributed by atoms with Crippen LogP contribution in [-0.2, 0) is 14.3 Å². The molecule has 0 aliphatic carbocycles. The van der Waals surface area contributed by atoms with E-state index in [-0.39, 0.29) is 17.3 Å². The van der Waals surface area contributed by atoms with E-state index in [1.54, 1.807) is 41.2 Å². The number of benzene rings is 1. The molecule has 3 rings (SSSR count). The van der Waals surface area contributed by atoms with Crippen molar-refractivity contribution in [3.05, 3.63) is 47.8 Å². The molecule has 1 aromatic heterocycles. The van der Waals surface area contributed by atoms with Gasteiger partial charge in [0.05, 0.1) is 25.4 Å². The van der Waals surface area contributed by atoms with E-state index < -0.39 is 23.1 Å². The number of esters is 1. The maximum atomic E-state index is 11.6. The number of carboxylic acids is 1. The fourth-order valence-electron chi connectivity index (χ4n) is 2.29. The summed E-state index contributed by atoms with van der Waals surface area (Å²) >= 11 is 1.03. The topological polar surface area (TPSA) is 135 Å². The average molecular weight is 401 g/mol. The van der Waals surface area contributed by atoms with Crippen molar-refractivity contribution in [3.8, 4) is 5.69 Å². The third-order valence-corrected chi connectivity index (χ3v) is 4.71. The SMILES string of the molecule is COC(=O)c1ccn(-c2ccc(C=NN=C3NC(=O)C(CC(=O)O)S3)cc2)n1. The molecule has 1 aliphatic rings. The second-order valence-corrected chi connectivity index (χ2v) is 6.76. The lowest BCUT2D eigenvalue weighted by atomic mass is 10.2. The van der Waals surface area contributed by atoms with Crippen molar-refractivity contribution in [1.29, 1.82) is 0 Å². The standard InChI is InChI=1S/C17H15N5O5S/c1-27-16(26)12-6-7-22(21-12)11-4-2-10(3-5-11)9-18-20-17-19-15(25)13(28-17)8-14(23)24/h2-7,9,13H,8H2,1H3,(H,23,24)(H,19,20,25). The van der Waals surface area contributed by atoms with E-state index in [0.717, 1.165) is 23.0 Å². The van der Waals surface area contributed by atoms with Crippen LogP contribution in [0.3, 0.4) is 0 Å². The molecular weight excluding hydrogens is 386 g/mol. The van der Waals surface area contributed by atoms with Crippen LogP contribution < -0.4 is 5.32 Å². The molecule has 144 valence electrons. The molecular formula is C17H15N5O5S. The predicted octanol–water partition coefficient (Wildman–Crippen LogP) is 1.06. The summed E-state index contributed by atoms with van der Waals surface area (Å²) in [5.41, 5.74) is 1.71. The van der Waals surface area contributed by atoms with Gasteiger partial charge in [-0.1, -0.05) is 23.9 Å². The Morgan fingerprint density at radius 1 is 1.36 bits per heavy atom. The highest BCUT2D eigenvalue weighted by atomic mass is 32.2. The van der Waals surface area contributed by atoms with Gasteiger partial charge in [-0.3, -0.25) is 9.59 Å². The third kappa shape index (κ3) is 4.62. The van der Waals surface area contributed by atoms with Crippen molar-refractivity contribution in [2.75, 3.05) is 7.11 Å². The Labute approximate surface area is 163 Å². The summed E-state index contributed by atoms with van der Waals surface area (Å²) in [6.45, 7) is 0. The number of carbonyl (C=O) groups excluding carboxylic acids is 2. The number of amidine groups is 1. The van der Waals surface area contributed by atoms with Gasteiger partial charge in [0.2, 0.25) is 5.91 Å². The first-order chi connectivity index (χ1) is 13.5. The van der Waals surface area contributed by atoms with Gasteiger partial charge < -0.3 is 15.2 Å². The molecule has 2 N–H and O–H groups in total. The second-order valence-electron chi connectivity index (χ2n) is 5.57. The van der Waals surface area contributed by atoms with Crippen LogP contribution in [0.2, 0.25) is 0 Å². The largest absolute Gasteiger partial charge is 0.481 e. The quantitative estimate of drug-likeness (QED) is 0.420. The molecule has 1 unspecified atom stereocenters. The van der Waals surface area contributed by atoms with Crippen LogP contribution >= 0.6 is 11.8 Å². The molecule has 0 spiro atoms. The van der Waals surface area contributed by atoms with E-state index in [1.165, 1.54) is 13.3 Å². The first-order valence-corrected chi connectivity index (χ1v) is 8.89. The Morgan fingerprint density at radius 3 is 2.79 bits per heavy atom. The number of ether oxygens (including phenoxy) is 1. The molecule has 1 atom stereocenters. The highest BCUT2D eigenvalue weighted by Gasteiger charge is 2.32. The van der Waals surface area contributed by atoms with Crippen molar-refractivity contribution >= 4 is 41.0 Å². The second kappa shape index (κ2) is 8.48. The van der Waals surface area contributed by atoms with E-state index in [9.17, 15) is 14.4 Å². The molecule has 0 bridgehead atoms. The van der Waals surface area contributed by atoms with Gasteiger partial charge >= 0.3 is 11.9 Å². The van der Waals surface area contributed by atoms with Crippen molar-refractivity contribution in [3.63, 3.8) is 0 Å². The molecule has 1 aliphatic heterocycles. The van der Waals surface area contributed by atoms with Crippen LogP contribution in [0.1, 0.15) is 22.5 Å². The molecule has 1 saturated heterocycles. The molecule has 28 heavy (non-hydrogen) atoms. The smallest absolute Gasteiger partial charge is 0.358 e. The molecule has 1 fully saturated rings. The lowest BCUT2D eigenvalue weighted by Crippen LogP contribution is -2.26. The van der Waals surface area contributed by atoms with Crippen molar-refractivity contribution in [2.24, 2.45) is 10.2 Å². The number of nitrogens with zero attached hydrogens (tertiary/aromatic N) is 4. The summed E-state index contributed by atoms with van der Waals surface area (Å²) in [6.07, 6.45) is 2.87. The molecule has 11 heteroatoms. The van der Waals surface area contributed by atoms with Gasteiger partial charge in [0.15, 0.2) is 10.9 Å². The van der Waals surface area contributed by atoms with Crippen LogP contribution in [0.15, 0.2) is 46.7 Å². The molecule has 2 heterocycles. The molecule has 1 aromatic carbocycles.